The van der Waals surface area contributed by atoms with Gasteiger partial charge in [0.25, 0.3) is 0 Å². The van der Waals surface area contributed by atoms with E-state index in [1.165, 1.54) is 71.1 Å². The van der Waals surface area contributed by atoms with Crippen LogP contribution in [0.25, 0.3) is 0 Å². The second-order valence-electron chi connectivity index (χ2n) is 8.10. The van der Waals surface area contributed by atoms with Crippen LogP contribution in [-0.2, 0) is 9.59 Å². The van der Waals surface area contributed by atoms with Gasteiger partial charge < -0.3 is 15.5 Å². The number of amides is 1. The molecule has 0 aliphatic carbocycles. The normalized spacial score (nSPS) is 13.0. The van der Waals surface area contributed by atoms with Crippen molar-refractivity contribution >= 4 is 11.9 Å². The molecule has 0 aliphatic rings. The molecule has 0 aromatic carbocycles. The average Bonchev–Trinajstić information content (AvgIpc) is 2.69. The lowest BCUT2D eigenvalue weighted by atomic mass is 10.1. The highest BCUT2D eigenvalue weighted by atomic mass is 16.4. The van der Waals surface area contributed by atoms with E-state index in [2.05, 4.69) is 36.2 Å². The molecule has 2 unspecified atom stereocenters. The Morgan fingerprint density at radius 3 is 1.80 bits per heavy atom. The number of unbranched alkanes of at least 4 members (excludes halogenated alkanes) is 9. The maximum atomic E-state index is 11.9. The van der Waals surface area contributed by atoms with Crippen LogP contribution in [0.5, 0.6) is 0 Å². The molecule has 0 aliphatic heterocycles. The smallest absolute Gasteiger partial charge is 0.332 e. The van der Waals surface area contributed by atoms with Gasteiger partial charge in [-0.25, -0.2) is 4.79 Å². The van der Waals surface area contributed by atoms with Crippen molar-refractivity contribution in [3.8, 4) is 0 Å². The minimum Gasteiger partial charge on any atom is -0.479 e. The van der Waals surface area contributed by atoms with Gasteiger partial charge in [0.15, 0.2) is 0 Å². The number of nitrogens with zero attached hydrogens (tertiary/aromatic N) is 1. The summed E-state index contributed by atoms with van der Waals surface area (Å²) in [6.07, 6.45) is 19.2. The first-order valence-corrected chi connectivity index (χ1v) is 11.8. The zero-order chi connectivity index (χ0) is 23.2. The Morgan fingerprint density at radius 2 is 1.37 bits per heavy atom. The molecule has 2 atom stereocenters. The maximum Gasteiger partial charge on any atom is 0.332 e. The lowest BCUT2D eigenvalue weighted by molar-refractivity contribution is -0.145. The van der Waals surface area contributed by atoms with Crippen LogP contribution in [0.1, 0.15) is 104 Å². The third kappa shape index (κ3) is 22.9. The molecule has 1 amide bonds. The van der Waals surface area contributed by atoms with E-state index in [9.17, 15) is 9.59 Å². The summed E-state index contributed by atoms with van der Waals surface area (Å²) in [5.41, 5.74) is 0. The number of aliphatic hydroxyl groups is 1. The molecule has 0 bridgehead atoms. The molecule has 0 saturated carbocycles. The van der Waals surface area contributed by atoms with Crippen molar-refractivity contribution in [1.29, 1.82) is 0 Å². The van der Waals surface area contributed by atoms with Gasteiger partial charge in [0.1, 0.15) is 6.10 Å². The molecular weight excluding hydrogens is 380 g/mol. The first-order chi connectivity index (χ1) is 14.3. The number of carboxylic acids is 1. The van der Waals surface area contributed by atoms with Crippen LogP contribution < -0.4 is 5.32 Å². The van der Waals surface area contributed by atoms with Gasteiger partial charge in [-0.3, -0.25) is 9.69 Å². The van der Waals surface area contributed by atoms with E-state index < -0.39 is 12.1 Å². The van der Waals surface area contributed by atoms with E-state index >= 15 is 0 Å². The predicted octanol–water partition coefficient (Wildman–Crippen LogP) is 5.11. The monoisotopic (exact) mass is 428 g/mol. The van der Waals surface area contributed by atoms with Crippen LogP contribution in [0, 0.1) is 0 Å². The molecule has 30 heavy (non-hydrogen) atoms. The molecular formula is C24H48N2O4. The zero-order valence-electron chi connectivity index (χ0n) is 20.2. The van der Waals surface area contributed by atoms with Gasteiger partial charge in [-0.05, 0) is 59.5 Å². The Morgan fingerprint density at radius 1 is 0.900 bits per heavy atom. The molecule has 0 rings (SSSR count). The van der Waals surface area contributed by atoms with Gasteiger partial charge in [0.2, 0.25) is 5.91 Å². The van der Waals surface area contributed by atoms with Gasteiger partial charge in [0, 0.05) is 6.42 Å². The Labute approximate surface area is 185 Å². The van der Waals surface area contributed by atoms with Crippen molar-refractivity contribution in [3.05, 3.63) is 12.2 Å². The Kier molecular flexibility index (Phi) is 22.9. The van der Waals surface area contributed by atoms with Crippen LogP contribution in [0.3, 0.4) is 0 Å². The molecule has 0 heterocycles. The van der Waals surface area contributed by atoms with E-state index in [4.69, 9.17) is 10.2 Å². The van der Waals surface area contributed by atoms with E-state index in [1.807, 2.05) is 14.1 Å². The highest BCUT2D eigenvalue weighted by Gasteiger charge is 2.11. The lowest BCUT2D eigenvalue weighted by Gasteiger charge is -2.23. The summed E-state index contributed by atoms with van der Waals surface area (Å²) in [5, 5.41) is 18.9. The molecule has 6 nitrogen and oxygen atoms in total. The Hall–Kier alpha value is -1.40. The second kappa shape index (κ2) is 22.3. The number of hydrogen-bond donors (Lipinski definition) is 3. The zero-order valence-corrected chi connectivity index (χ0v) is 20.2. The quantitative estimate of drug-likeness (QED) is 0.170. The van der Waals surface area contributed by atoms with E-state index in [-0.39, 0.29) is 12.1 Å². The minimum absolute atomic E-state index is 0.172. The summed E-state index contributed by atoms with van der Waals surface area (Å²) >= 11 is 0. The summed E-state index contributed by atoms with van der Waals surface area (Å²) in [5.74, 6) is -0.989. The number of rotatable bonds is 17. The molecule has 0 fully saturated rings. The molecule has 0 aromatic heterocycles. The van der Waals surface area contributed by atoms with Crippen LogP contribution in [0.4, 0.5) is 0 Å². The summed E-state index contributed by atoms with van der Waals surface area (Å²) in [6.45, 7) is 5.56. The highest BCUT2D eigenvalue weighted by Crippen LogP contribution is 2.09. The number of carboxylic acid groups (broad SMARTS) is 1. The Balaban J connectivity index is 0. The third-order valence-electron chi connectivity index (χ3n) is 4.86. The van der Waals surface area contributed by atoms with Crippen molar-refractivity contribution in [2.45, 2.75) is 117 Å². The second-order valence-corrected chi connectivity index (χ2v) is 8.10. The van der Waals surface area contributed by atoms with Crippen LogP contribution >= 0.6 is 0 Å². The predicted molar refractivity (Wildman–Crippen MR) is 125 cm³/mol. The lowest BCUT2D eigenvalue weighted by Crippen LogP contribution is -2.44. The number of aliphatic carboxylic acids is 1. The van der Waals surface area contributed by atoms with Crippen LogP contribution in [-0.4, -0.2) is 53.4 Å². The summed E-state index contributed by atoms with van der Waals surface area (Å²) in [4.78, 5) is 23.4. The summed E-state index contributed by atoms with van der Waals surface area (Å²) in [6, 6.07) is 0. The number of nitrogens with one attached hydrogen (secondary N) is 1. The topological polar surface area (TPSA) is 89.9 Å². The standard InChI is InChI=1S/C21H42N2O.C3H6O3/c1-5-7-8-9-10-11-12-13-14-15-16-17-18-19-21(24)22-20(6-2)23(3)4;1-2(4)3(5)6/h11-12,20H,5-10,13-19H2,1-4H3,(H,22,24);2,4H,1H3,(H,5,6). The van der Waals surface area contributed by atoms with Gasteiger partial charge >= 0.3 is 5.97 Å². The number of allylic oxidation sites excluding steroid dienone is 2. The van der Waals surface area contributed by atoms with Crippen molar-refractivity contribution in [2.24, 2.45) is 0 Å². The first-order valence-electron chi connectivity index (χ1n) is 11.8. The number of carbonyl (C=O) groups excluding carboxylic acids is 1. The van der Waals surface area contributed by atoms with Crippen molar-refractivity contribution in [3.63, 3.8) is 0 Å². The largest absolute Gasteiger partial charge is 0.479 e. The van der Waals surface area contributed by atoms with Crippen LogP contribution in [0.15, 0.2) is 12.2 Å². The van der Waals surface area contributed by atoms with Gasteiger partial charge in [-0.1, -0.05) is 64.5 Å². The summed E-state index contributed by atoms with van der Waals surface area (Å²) < 4.78 is 0. The number of aliphatic hydroxyl groups excluding tert-OH is 1. The molecule has 178 valence electrons. The molecule has 3 N–H and O–H groups in total. The van der Waals surface area contributed by atoms with Crippen LogP contribution in [0.2, 0.25) is 0 Å². The van der Waals surface area contributed by atoms with E-state index in [0.29, 0.717) is 6.42 Å². The van der Waals surface area contributed by atoms with E-state index in [0.717, 1.165) is 12.8 Å². The summed E-state index contributed by atoms with van der Waals surface area (Å²) in [7, 11) is 4.02. The van der Waals surface area contributed by atoms with Crippen molar-refractivity contribution in [1.82, 2.24) is 10.2 Å². The fourth-order valence-corrected chi connectivity index (χ4v) is 2.86. The number of hydrogen-bond acceptors (Lipinski definition) is 4. The molecule has 0 radical (unpaired) electrons. The van der Waals surface area contributed by atoms with Gasteiger partial charge in [0.05, 0.1) is 6.17 Å². The maximum absolute atomic E-state index is 11.9. The minimum atomic E-state index is -1.23. The first kappa shape index (κ1) is 30.8. The Bertz CT molecular complexity index is 437. The fraction of sp³-hybridized carbons (Fsp3) is 0.833. The van der Waals surface area contributed by atoms with Crippen molar-refractivity contribution in [2.75, 3.05) is 14.1 Å². The van der Waals surface area contributed by atoms with E-state index in [1.54, 1.807) is 0 Å². The van der Waals surface area contributed by atoms with Crippen molar-refractivity contribution < 1.29 is 19.8 Å². The molecule has 6 heteroatoms. The molecule has 0 saturated heterocycles. The fourth-order valence-electron chi connectivity index (χ4n) is 2.86. The average molecular weight is 429 g/mol. The highest BCUT2D eigenvalue weighted by molar-refractivity contribution is 5.76. The molecule has 0 spiro atoms. The molecule has 0 aromatic rings. The third-order valence-corrected chi connectivity index (χ3v) is 4.86. The number of carbonyl (C=O) groups is 2. The van der Waals surface area contributed by atoms with Gasteiger partial charge in [-0.2, -0.15) is 0 Å². The SMILES string of the molecule is CC(O)C(=O)O.CCCCCCC=CCCCCCCCC(=O)NC(CC)N(C)C. The van der Waals surface area contributed by atoms with Gasteiger partial charge in [-0.15, -0.1) is 0 Å².